The molecule has 0 aromatic rings. The van der Waals surface area contributed by atoms with Crippen LogP contribution in [0, 0.1) is 0 Å². The van der Waals surface area contributed by atoms with Crippen LogP contribution >= 0.6 is 15.9 Å². The molecule has 0 heterocycles. The Morgan fingerprint density at radius 1 is 1.50 bits per heavy atom. The first-order chi connectivity index (χ1) is 6.79. The van der Waals surface area contributed by atoms with Crippen LogP contribution < -0.4 is 0 Å². The average Bonchev–Trinajstić information content (AvgIpc) is 2.21. The van der Waals surface area contributed by atoms with Crippen LogP contribution in [-0.2, 0) is 4.79 Å². The van der Waals surface area contributed by atoms with E-state index in [-0.39, 0.29) is 0 Å². The van der Waals surface area contributed by atoms with E-state index in [9.17, 15) is 4.79 Å². The third-order valence-electron chi connectivity index (χ3n) is 1.87. The minimum atomic E-state index is 0.686. The average molecular weight is 251 g/mol. The highest BCUT2D eigenvalue weighted by atomic mass is 79.9. The first-order valence-corrected chi connectivity index (χ1v) is 5.09. The Hall–Kier alpha value is -1.15. The van der Waals surface area contributed by atoms with Crippen LogP contribution in [0.4, 0.5) is 0 Å². The Bertz CT molecular complexity index is 357. The summed E-state index contributed by atoms with van der Waals surface area (Å²) in [5, 5.41) is 0. The van der Waals surface area contributed by atoms with Crippen molar-refractivity contribution in [3.8, 4) is 0 Å². The normalized spacial score (nSPS) is 19.4. The lowest BCUT2D eigenvalue weighted by Crippen LogP contribution is -1.93. The minimum Gasteiger partial charge on any atom is -0.298 e. The largest absolute Gasteiger partial charge is 0.298 e. The van der Waals surface area contributed by atoms with Crippen molar-refractivity contribution in [3.05, 3.63) is 58.7 Å². The van der Waals surface area contributed by atoms with Crippen LogP contribution in [0.1, 0.15) is 6.42 Å². The van der Waals surface area contributed by atoms with Crippen LogP contribution in [0.5, 0.6) is 0 Å². The molecule has 0 amide bonds. The maximum atomic E-state index is 10.9. The molecule has 1 aliphatic rings. The van der Waals surface area contributed by atoms with Gasteiger partial charge in [0.15, 0.2) is 6.29 Å². The highest BCUT2D eigenvalue weighted by molar-refractivity contribution is 9.12. The van der Waals surface area contributed by atoms with Crippen LogP contribution in [0.2, 0.25) is 0 Å². The van der Waals surface area contributed by atoms with E-state index in [1.165, 1.54) is 0 Å². The van der Waals surface area contributed by atoms with Crippen LogP contribution in [-0.4, -0.2) is 6.29 Å². The molecule has 0 unspecified atom stereocenters. The summed E-state index contributed by atoms with van der Waals surface area (Å²) in [5.74, 6) is 0. The van der Waals surface area contributed by atoms with Gasteiger partial charge in [-0.1, -0.05) is 52.9 Å². The fraction of sp³-hybridized carbons (Fsp3) is 0.0833. The predicted molar refractivity (Wildman–Crippen MR) is 63.2 cm³/mol. The monoisotopic (exact) mass is 250 g/mol. The van der Waals surface area contributed by atoms with Crippen molar-refractivity contribution >= 4 is 22.2 Å². The highest BCUT2D eigenvalue weighted by Crippen LogP contribution is 2.23. The predicted octanol–water partition coefficient (Wildman–Crippen LogP) is 3.46. The van der Waals surface area contributed by atoms with Crippen molar-refractivity contribution in [2.24, 2.45) is 0 Å². The van der Waals surface area contributed by atoms with E-state index in [4.69, 9.17) is 0 Å². The molecule has 0 radical (unpaired) electrons. The Kier molecular flexibility index (Phi) is 4.33. The summed E-state index contributed by atoms with van der Waals surface area (Å²) in [6, 6.07) is 0. The summed E-state index contributed by atoms with van der Waals surface area (Å²) in [7, 11) is 0. The first-order valence-electron chi connectivity index (χ1n) is 4.29. The molecule has 0 saturated carbocycles. The van der Waals surface area contributed by atoms with Gasteiger partial charge in [0.25, 0.3) is 0 Å². The van der Waals surface area contributed by atoms with Crippen LogP contribution in [0.25, 0.3) is 0 Å². The minimum absolute atomic E-state index is 0.686. The maximum absolute atomic E-state index is 10.9. The molecule has 1 rings (SSSR count). The van der Waals surface area contributed by atoms with E-state index in [0.717, 1.165) is 22.8 Å². The molecule has 0 aromatic heterocycles. The van der Waals surface area contributed by atoms with Crippen molar-refractivity contribution in [2.75, 3.05) is 0 Å². The zero-order valence-corrected chi connectivity index (χ0v) is 9.33. The van der Waals surface area contributed by atoms with Crippen molar-refractivity contribution in [1.82, 2.24) is 0 Å². The van der Waals surface area contributed by atoms with E-state index in [1.54, 1.807) is 12.2 Å². The second-order valence-corrected chi connectivity index (χ2v) is 3.65. The number of rotatable bonds is 3. The molecule has 0 spiro atoms. The third-order valence-corrected chi connectivity index (χ3v) is 2.56. The molecule has 0 atom stereocenters. The molecule has 0 N–H and O–H groups in total. The lowest BCUT2D eigenvalue weighted by molar-refractivity contribution is -0.104. The second kappa shape index (κ2) is 5.55. The van der Waals surface area contributed by atoms with Gasteiger partial charge in [-0.2, -0.15) is 0 Å². The number of aldehydes is 1. The Morgan fingerprint density at radius 3 is 2.79 bits per heavy atom. The fourth-order valence-electron chi connectivity index (χ4n) is 1.19. The summed E-state index contributed by atoms with van der Waals surface area (Å²) in [4.78, 5) is 10.9. The van der Waals surface area contributed by atoms with Gasteiger partial charge in [0.1, 0.15) is 0 Å². The van der Waals surface area contributed by atoms with E-state index >= 15 is 0 Å². The summed E-state index contributed by atoms with van der Waals surface area (Å²) in [6.45, 7) is 3.59. The molecular weight excluding hydrogens is 240 g/mol. The number of hydrogen-bond acceptors (Lipinski definition) is 1. The number of carbonyl (C=O) groups excluding carboxylic acids is 1. The van der Waals surface area contributed by atoms with E-state index in [1.807, 2.05) is 24.3 Å². The van der Waals surface area contributed by atoms with Crippen LogP contribution in [0.3, 0.4) is 0 Å². The van der Waals surface area contributed by atoms with Crippen molar-refractivity contribution in [1.29, 1.82) is 0 Å². The second-order valence-electron chi connectivity index (χ2n) is 2.80. The maximum Gasteiger partial charge on any atom is 0.151 e. The zero-order valence-electron chi connectivity index (χ0n) is 7.74. The molecular formula is C12H11BrO. The molecule has 2 heteroatoms. The molecule has 0 aliphatic heterocycles. The molecule has 0 saturated heterocycles. The molecule has 1 nitrogen and oxygen atoms in total. The van der Waals surface area contributed by atoms with Gasteiger partial charge >= 0.3 is 0 Å². The van der Waals surface area contributed by atoms with Gasteiger partial charge in [-0.3, -0.25) is 4.79 Å². The van der Waals surface area contributed by atoms with Gasteiger partial charge < -0.3 is 0 Å². The van der Waals surface area contributed by atoms with Crippen molar-refractivity contribution in [2.45, 2.75) is 6.42 Å². The summed E-state index contributed by atoms with van der Waals surface area (Å²) in [5.41, 5.74) is 1.71. The van der Waals surface area contributed by atoms with Gasteiger partial charge in [-0.15, -0.1) is 0 Å². The lowest BCUT2D eigenvalue weighted by atomic mass is 10.0. The highest BCUT2D eigenvalue weighted by Gasteiger charge is 2.06. The van der Waals surface area contributed by atoms with E-state index in [0.29, 0.717) is 5.57 Å². The SMILES string of the molecule is C=C/C=C(Br)\C(C=O)=C1\C=CC=CC1. The van der Waals surface area contributed by atoms with Gasteiger partial charge in [-0.05, 0) is 18.1 Å². The summed E-state index contributed by atoms with van der Waals surface area (Å²) in [6.07, 6.45) is 12.9. The van der Waals surface area contributed by atoms with Gasteiger partial charge in [0, 0.05) is 10.1 Å². The van der Waals surface area contributed by atoms with Gasteiger partial charge in [0.05, 0.1) is 0 Å². The van der Waals surface area contributed by atoms with E-state index in [2.05, 4.69) is 22.5 Å². The van der Waals surface area contributed by atoms with Gasteiger partial charge in [0.2, 0.25) is 0 Å². The molecule has 0 bridgehead atoms. The number of halogens is 1. The van der Waals surface area contributed by atoms with Gasteiger partial charge in [-0.25, -0.2) is 0 Å². The van der Waals surface area contributed by atoms with Crippen LogP contribution in [0.15, 0.2) is 58.7 Å². The zero-order chi connectivity index (χ0) is 10.4. The number of carbonyl (C=O) groups is 1. The number of allylic oxidation sites excluding steroid dienone is 9. The first kappa shape index (κ1) is 10.9. The molecule has 72 valence electrons. The topological polar surface area (TPSA) is 17.1 Å². The molecule has 0 aromatic carbocycles. The quantitative estimate of drug-likeness (QED) is 0.426. The molecule has 0 fully saturated rings. The Labute approximate surface area is 92.3 Å². The lowest BCUT2D eigenvalue weighted by Gasteiger charge is -2.06. The standard InChI is InChI=1S/C12H11BrO/c1-2-6-12(13)11(9-14)10-7-4-3-5-8-10/h2-7,9H,1,8H2/b11-10-,12-6+. The smallest absolute Gasteiger partial charge is 0.151 e. The van der Waals surface area contributed by atoms with Crippen molar-refractivity contribution < 1.29 is 4.79 Å². The molecule has 1 aliphatic carbocycles. The summed E-state index contributed by atoms with van der Waals surface area (Å²) < 4.78 is 0.775. The Balaban J connectivity index is 3.06. The summed E-state index contributed by atoms with van der Waals surface area (Å²) >= 11 is 3.34. The fourth-order valence-corrected chi connectivity index (χ4v) is 1.73. The third kappa shape index (κ3) is 2.67. The number of hydrogen-bond donors (Lipinski definition) is 0. The Morgan fingerprint density at radius 2 is 2.29 bits per heavy atom. The van der Waals surface area contributed by atoms with Crippen molar-refractivity contribution in [3.63, 3.8) is 0 Å². The van der Waals surface area contributed by atoms with E-state index < -0.39 is 0 Å². The molecule has 14 heavy (non-hydrogen) atoms.